The highest BCUT2D eigenvalue weighted by atomic mass is 32.1. The van der Waals surface area contributed by atoms with E-state index >= 15 is 0 Å². The zero-order valence-corrected chi connectivity index (χ0v) is 16.6. The first kappa shape index (κ1) is 18.2. The van der Waals surface area contributed by atoms with E-state index in [1.807, 2.05) is 50.5 Å². The van der Waals surface area contributed by atoms with Crippen LogP contribution in [0.1, 0.15) is 20.9 Å². The molecule has 0 fully saturated rings. The van der Waals surface area contributed by atoms with E-state index in [-0.39, 0.29) is 5.91 Å². The lowest BCUT2D eigenvalue weighted by Gasteiger charge is -2.15. The molecule has 1 amide bonds. The fourth-order valence-electron chi connectivity index (χ4n) is 3.40. The third kappa shape index (κ3) is 3.16. The van der Waals surface area contributed by atoms with Crippen LogP contribution < -0.4 is 5.32 Å². The monoisotopic (exact) mass is 396 g/mol. The van der Waals surface area contributed by atoms with E-state index in [2.05, 4.69) is 15.4 Å². The van der Waals surface area contributed by atoms with Gasteiger partial charge in [0.25, 0.3) is 5.91 Å². The molecule has 0 radical (unpaired) electrons. The molecule has 0 saturated carbocycles. The molecule has 3 heterocycles. The molecule has 0 bridgehead atoms. The number of hydrogen-bond donors (Lipinski definition) is 2. The zero-order valence-electron chi connectivity index (χ0n) is 15.8. The van der Waals surface area contributed by atoms with E-state index < -0.39 is 12.0 Å². The van der Waals surface area contributed by atoms with Gasteiger partial charge in [0.1, 0.15) is 10.9 Å². The van der Waals surface area contributed by atoms with Crippen LogP contribution in [0, 0.1) is 6.92 Å². The summed E-state index contributed by atoms with van der Waals surface area (Å²) in [6, 6.07) is 8.88. The molecule has 3 aromatic heterocycles. The normalized spacial score (nSPS) is 12.4. The molecule has 0 saturated heterocycles. The first-order chi connectivity index (χ1) is 13.5. The minimum Gasteiger partial charge on any atom is -0.467 e. The Balaban J connectivity index is 1.59. The lowest BCUT2D eigenvalue weighted by atomic mass is 10.0. The van der Waals surface area contributed by atoms with Gasteiger partial charge in [-0.05, 0) is 24.6 Å². The van der Waals surface area contributed by atoms with Gasteiger partial charge in [-0.15, -0.1) is 11.3 Å². The smallest absolute Gasteiger partial charge is 0.328 e. The highest BCUT2D eigenvalue weighted by molar-refractivity contribution is 7.20. The van der Waals surface area contributed by atoms with Crippen molar-refractivity contribution in [2.24, 2.45) is 7.05 Å². The fraction of sp³-hybridized carbons (Fsp3) is 0.250. The number of nitrogens with one attached hydrogen (secondary N) is 2. The van der Waals surface area contributed by atoms with Crippen LogP contribution in [0.2, 0.25) is 0 Å². The minimum atomic E-state index is -0.777. The standard InChI is InChI=1S/C20H20N4O3S/c1-11-14-9-17(28-19(14)24(2)23-11)18(25)22-16(20(26)27-3)8-12-10-21-15-7-5-4-6-13(12)15/h4-7,9-10,16,21H,8H2,1-3H3,(H,22,25). The highest BCUT2D eigenvalue weighted by Crippen LogP contribution is 2.28. The molecule has 0 aliphatic carbocycles. The summed E-state index contributed by atoms with van der Waals surface area (Å²) < 4.78 is 6.68. The van der Waals surface area contributed by atoms with Crippen LogP contribution in [0.5, 0.6) is 0 Å². The second-order valence-electron chi connectivity index (χ2n) is 6.65. The maximum absolute atomic E-state index is 12.8. The van der Waals surface area contributed by atoms with Crippen molar-refractivity contribution in [2.45, 2.75) is 19.4 Å². The number of carbonyl (C=O) groups is 2. The van der Waals surface area contributed by atoms with Gasteiger partial charge >= 0.3 is 5.97 Å². The summed E-state index contributed by atoms with van der Waals surface area (Å²) in [5.74, 6) is -0.770. The molecular formula is C20H20N4O3S. The molecule has 7 nitrogen and oxygen atoms in total. The number of rotatable bonds is 5. The van der Waals surface area contributed by atoms with Crippen LogP contribution in [0.3, 0.4) is 0 Å². The molecule has 8 heteroatoms. The maximum atomic E-state index is 12.8. The first-order valence-electron chi connectivity index (χ1n) is 8.84. The van der Waals surface area contributed by atoms with Crippen LogP contribution in [0.25, 0.3) is 21.1 Å². The summed E-state index contributed by atoms with van der Waals surface area (Å²) in [6.07, 6.45) is 2.20. The van der Waals surface area contributed by atoms with Crippen LogP contribution >= 0.6 is 11.3 Å². The molecule has 28 heavy (non-hydrogen) atoms. The number of amides is 1. The van der Waals surface area contributed by atoms with Gasteiger partial charge in [-0.2, -0.15) is 5.10 Å². The average molecular weight is 396 g/mol. The highest BCUT2D eigenvalue weighted by Gasteiger charge is 2.25. The summed E-state index contributed by atoms with van der Waals surface area (Å²) in [7, 11) is 3.17. The quantitative estimate of drug-likeness (QED) is 0.508. The molecule has 0 aliphatic heterocycles. The van der Waals surface area contributed by atoms with Crippen LogP contribution in [-0.2, 0) is 23.0 Å². The van der Waals surface area contributed by atoms with Crippen molar-refractivity contribution in [3.05, 3.63) is 52.7 Å². The fourth-order valence-corrected chi connectivity index (χ4v) is 4.43. The second kappa shape index (κ2) is 7.12. The van der Waals surface area contributed by atoms with E-state index in [1.54, 1.807) is 4.68 Å². The molecule has 1 unspecified atom stereocenters. The van der Waals surface area contributed by atoms with Crippen molar-refractivity contribution in [3.8, 4) is 0 Å². The van der Waals surface area contributed by atoms with Crippen molar-refractivity contribution in [1.82, 2.24) is 20.1 Å². The van der Waals surface area contributed by atoms with Gasteiger partial charge < -0.3 is 15.0 Å². The zero-order chi connectivity index (χ0) is 19.8. The van der Waals surface area contributed by atoms with Crippen molar-refractivity contribution >= 4 is 44.3 Å². The van der Waals surface area contributed by atoms with E-state index in [0.717, 1.165) is 32.4 Å². The van der Waals surface area contributed by atoms with Crippen LogP contribution in [0.15, 0.2) is 36.5 Å². The lowest BCUT2D eigenvalue weighted by molar-refractivity contribution is -0.142. The predicted octanol–water partition coefficient (Wildman–Crippen LogP) is 2.94. The third-order valence-electron chi connectivity index (χ3n) is 4.81. The van der Waals surface area contributed by atoms with Crippen LogP contribution in [-0.4, -0.2) is 39.8 Å². The molecule has 1 aromatic carbocycles. The van der Waals surface area contributed by atoms with Crippen molar-refractivity contribution in [2.75, 3.05) is 7.11 Å². The number of esters is 1. The van der Waals surface area contributed by atoms with Crippen molar-refractivity contribution in [1.29, 1.82) is 0 Å². The number of para-hydroxylation sites is 1. The number of H-pyrrole nitrogens is 1. The van der Waals surface area contributed by atoms with Gasteiger partial charge in [0.15, 0.2) is 0 Å². The SMILES string of the molecule is COC(=O)C(Cc1c[nH]c2ccccc12)NC(=O)c1cc2c(C)nn(C)c2s1. The Hall–Kier alpha value is -3.13. The molecule has 144 valence electrons. The van der Waals surface area contributed by atoms with Gasteiger partial charge in [-0.3, -0.25) is 9.48 Å². The van der Waals surface area contributed by atoms with Gasteiger partial charge in [0.05, 0.1) is 17.7 Å². The number of carbonyl (C=O) groups excluding carboxylic acids is 2. The number of thiophene rings is 1. The molecule has 2 N–H and O–H groups in total. The van der Waals surface area contributed by atoms with E-state index in [4.69, 9.17) is 4.74 Å². The summed E-state index contributed by atoms with van der Waals surface area (Å²) in [5, 5.41) is 9.15. The second-order valence-corrected chi connectivity index (χ2v) is 7.68. The number of fused-ring (bicyclic) bond motifs is 2. The molecule has 4 rings (SSSR count). The van der Waals surface area contributed by atoms with E-state index in [1.165, 1.54) is 18.4 Å². The number of benzene rings is 1. The molecule has 0 aliphatic rings. The molecule has 4 aromatic rings. The van der Waals surface area contributed by atoms with Crippen molar-refractivity contribution in [3.63, 3.8) is 0 Å². The lowest BCUT2D eigenvalue weighted by Crippen LogP contribution is -2.42. The number of ether oxygens (including phenoxy) is 1. The molecule has 0 spiro atoms. The Labute approximate surface area is 165 Å². The van der Waals surface area contributed by atoms with Gasteiger partial charge in [-0.25, -0.2) is 4.79 Å². The Morgan fingerprint density at radius 3 is 2.86 bits per heavy atom. The van der Waals surface area contributed by atoms with E-state index in [0.29, 0.717) is 11.3 Å². The van der Waals surface area contributed by atoms with Crippen molar-refractivity contribution < 1.29 is 14.3 Å². The predicted molar refractivity (Wildman–Crippen MR) is 109 cm³/mol. The average Bonchev–Trinajstić information content (AvgIpc) is 3.37. The number of aromatic amines is 1. The summed E-state index contributed by atoms with van der Waals surface area (Å²) >= 11 is 1.35. The maximum Gasteiger partial charge on any atom is 0.328 e. The minimum absolute atomic E-state index is 0.296. The van der Waals surface area contributed by atoms with Crippen LogP contribution in [0.4, 0.5) is 0 Å². The summed E-state index contributed by atoms with van der Waals surface area (Å²) in [6.45, 7) is 1.91. The first-order valence-corrected chi connectivity index (χ1v) is 9.66. The summed E-state index contributed by atoms with van der Waals surface area (Å²) in [5.41, 5.74) is 2.80. The largest absolute Gasteiger partial charge is 0.467 e. The van der Waals surface area contributed by atoms with E-state index in [9.17, 15) is 9.59 Å². The number of hydrogen-bond acceptors (Lipinski definition) is 5. The Kier molecular flexibility index (Phi) is 4.64. The van der Waals surface area contributed by atoms with Gasteiger partial charge in [-0.1, -0.05) is 18.2 Å². The number of aromatic nitrogens is 3. The Morgan fingerprint density at radius 1 is 1.32 bits per heavy atom. The number of nitrogens with zero attached hydrogens (tertiary/aromatic N) is 2. The Bertz CT molecular complexity index is 1150. The topological polar surface area (TPSA) is 89.0 Å². The van der Waals surface area contributed by atoms with Gasteiger partial charge in [0.2, 0.25) is 0 Å². The molecule has 1 atom stereocenters. The summed E-state index contributed by atoms with van der Waals surface area (Å²) in [4.78, 5) is 29.8. The Morgan fingerprint density at radius 2 is 2.11 bits per heavy atom. The molecular weight excluding hydrogens is 376 g/mol. The van der Waals surface area contributed by atoms with Gasteiger partial charge in [0, 0.05) is 36.0 Å². The number of aryl methyl sites for hydroxylation is 2. The third-order valence-corrected chi connectivity index (χ3v) is 6.01. The number of methoxy groups -OCH3 is 1.